The first-order valence-electron chi connectivity index (χ1n) is 5.85. The molecule has 0 aliphatic heterocycles. The first-order valence-corrected chi connectivity index (χ1v) is 7.74. The van der Waals surface area contributed by atoms with Crippen LogP contribution in [0.15, 0.2) is 46.7 Å². The number of halogens is 5. The summed E-state index contributed by atoms with van der Waals surface area (Å²) >= 11 is 28.5. The van der Waals surface area contributed by atoms with Crippen LogP contribution in [0.1, 0.15) is 11.1 Å². The molecule has 9 heteroatoms. The lowest BCUT2D eigenvalue weighted by molar-refractivity contribution is 0.321. The second-order valence-corrected chi connectivity index (χ2v) is 5.85. The van der Waals surface area contributed by atoms with E-state index in [0.717, 1.165) is 0 Å². The van der Waals surface area contributed by atoms with Gasteiger partial charge in [-0.1, -0.05) is 80.4 Å². The molecule has 2 aromatic rings. The highest BCUT2D eigenvalue weighted by molar-refractivity contribution is 6.71. The van der Waals surface area contributed by atoms with E-state index in [1.54, 1.807) is 36.4 Å². The van der Waals surface area contributed by atoms with E-state index in [-0.39, 0.29) is 5.17 Å². The van der Waals surface area contributed by atoms with Gasteiger partial charge in [-0.25, -0.2) is 0 Å². The van der Waals surface area contributed by atoms with Crippen LogP contribution in [0.2, 0.25) is 20.1 Å². The van der Waals surface area contributed by atoms with Crippen LogP contribution in [0.5, 0.6) is 0 Å². The molecule has 2 rings (SSSR count). The molecule has 0 saturated heterocycles. The molecule has 0 spiro atoms. The number of rotatable bonds is 2. The second-order valence-electron chi connectivity index (χ2n) is 3.87. The third kappa shape index (κ3) is 5.75. The summed E-state index contributed by atoms with van der Waals surface area (Å²) in [4.78, 5) is 0. The molecule has 0 aliphatic rings. The molecule has 4 nitrogen and oxygen atoms in total. The normalized spacial score (nSPS) is 11.3. The maximum atomic E-state index is 8.38. The molecule has 23 heavy (non-hydrogen) atoms. The lowest BCUT2D eigenvalue weighted by Crippen LogP contribution is -1.93. The molecule has 0 amide bonds. The van der Waals surface area contributed by atoms with Crippen molar-refractivity contribution in [3.05, 3.63) is 67.6 Å². The van der Waals surface area contributed by atoms with Crippen molar-refractivity contribution >= 4 is 69.4 Å². The first kappa shape index (κ1) is 19.9. The first-order chi connectivity index (χ1) is 10.9. The SMILES string of the molecule is O/N=C(/Cl)c1c(Cl)cccc1Cl.O/N=C\c1c(Cl)cccc1Cl. The fourth-order valence-electron chi connectivity index (χ4n) is 1.44. The van der Waals surface area contributed by atoms with Crippen LogP contribution in [0.25, 0.3) is 0 Å². The second kappa shape index (κ2) is 9.85. The largest absolute Gasteiger partial charge is 0.411 e. The molecule has 0 unspecified atom stereocenters. The van der Waals surface area contributed by atoms with E-state index in [0.29, 0.717) is 31.2 Å². The minimum Gasteiger partial charge on any atom is -0.411 e. The molecule has 0 bridgehead atoms. The van der Waals surface area contributed by atoms with Crippen LogP contribution in [-0.4, -0.2) is 21.8 Å². The van der Waals surface area contributed by atoms with Crippen LogP contribution < -0.4 is 0 Å². The zero-order valence-electron chi connectivity index (χ0n) is 11.2. The van der Waals surface area contributed by atoms with Gasteiger partial charge in [-0.05, 0) is 24.3 Å². The number of hydrogen-bond donors (Lipinski definition) is 2. The van der Waals surface area contributed by atoms with Gasteiger partial charge in [-0.3, -0.25) is 0 Å². The molecule has 0 heterocycles. The van der Waals surface area contributed by atoms with Gasteiger partial charge in [-0.2, -0.15) is 0 Å². The van der Waals surface area contributed by atoms with Gasteiger partial charge < -0.3 is 10.4 Å². The van der Waals surface area contributed by atoms with Crippen molar-refractivity contribution in [2.45, 2.75) is 0 Å². The Morgan fingerprint density at radius 1 is 0.826 bits per heavy atom. The third-order valence-corrected chi connectivity index (χ3v) is 4.00. The summed E-state index contributed by atoms with van der Waals surface area (Å²) in [5.74, 6) is 0. The monoisotopic (exact) mass is 412 g/mol. The Kier molecular flexibility index (Phi) is 8.52. The van der Waals surface area contributed by atoms with Gasteiger partial charge in [0.15, 0.2) is 5.17 Å². The van der Waals surface area contributed by atoms with Gasteiger partial charge in [0.25, 0.3) is 0 Å². The van der Waals surface area contributed by atoms with E-state index in [1.807, 2.05) is 0 Å². The van der Waals surface area contributed by atoms with E-state index in [1.165, 1.54) is 6.21 Å². The Balaban J connectivity index is 0.000000231. The number of benzene rings is 2. The maximum absolute atomic E-state index is 8.38. The predicted octanol–water partition coefficient (Wildman–Crippen LogP) is 6.17. The predicted molar refractivity (Wildman–Crippen MR) is 96.5 cm³/mol. The summed E-state index contributed by atoms with van der Waals surface area (Å²) < 4.78 is 0. The summed E-state index contributed by atoms with van der Waals surface area (Å²) in [6.07, 6.45) is 1.20. The van der Waals surface area contributed by atoms with Gasteiger partial charge in [0.1, 0.15) is 0 Å². The van der Waals surface area contributed by atoms with Gasteiger partial charge in [0.05, 0.1) is 31.9 Å². The van der Waals surface area contributed by atoms with Crippen LogP contribution in [-0.2, 0) is 0 Å². The lowest BCUT2D eigenvalue weighted by Gasteiger charge is -2.01. The molecule has 0 fully saturated rings. The summed E-state index contributed by atoms with van der Waals surface area (Å²) in [5, 5.41) is 23.7. The van der Waals surface area contributed by atoms with Crippen molar-refractivity contribution in [1.29, 1.82) is 0 Å². The number of oxime groups is 2. The van der Waals surface area contributed by atoms with Gasteiger partial charge in [0.2, 0.25) is 0 Å². The number of hydrogen-bond acceptors (Lipinski definition) is 4. The van der Waals surface area contributed by atoms with E-state index in [9.17, 15) is 0 Å². The molecule has 0 atom stereocenters. The van der Waals surface area contributed by atoms with E-state index >= 15 is 0 Å². The maximum Gasteiger partial charge on any atom is 0.178 e. The topological polar surface area (TPSA) is 65.2 Å². The molecule has 0 aromatic heterocycles. The Bertz CT molecular complexity index is 695. The van der Waals surface area contributed by atoms with Gasteiger partial charge in [-0.15, -0.1) is 0 Å². The molecule has 0 saturated carbocycles. The van der Waals surface area contributed by atoms with Crippen molar-refractivity contribution in [3.63, 3.8) is 0 Å². The minimum atomic E-state index is -0.120. The van der Waals surface area contributed by atoms with Gasteiger partial charge in [0, 0.05) is 5.56 Å². The Hall–Kier alpha value is -1.17. The van der Waals surface area contributed by atoms with E-state index in [4.69, 9.17) is 68.4 Å². The van der Waals surface area contributed by atoms with Crippen molar-refractivity contribution in [1.82, 2.24) is 0 Å². The average molecular weight is 415 g/mol. The Labute approximate surface area is 157 Å². The highest BCUT2D eigenvalue weighted by Crippen LogP contribution is 2.26. The van der Waals surface area contributed by atoms with Crippen LogP contribution in [0.3, 0.4) is 0 Å². The van der Waals surface area contributed by atoms with Crippen LogP contribution in [0, 0.1) is 0 Å². The lowest BCUT2D eigenvalue weighted by atomic mass is 10.2. The summed E-state index contributed by atoms with van der Waals surface area (Å²) in [6.45, 7) is 0. The molecule has 2 aromatic carbocycles. The smallest absolute Gasteiger partial charge is 0.178 e. The summed E-state index contributed by atoms with van der Waals surface area (Å²) in [5.41, 5.74) is 0.864. The van der Waals surface area contributed by atoms with Crippen LogP contribution in [0.4, 0.5) is 0 Å². The van der Waals surface area contributed by atoms with Crippen molar-refractivity contribution in [3.8, 4) is 0 Å². The fourth-order valence-corrected chi connectivity index (χ4v) is 2.81. The molecule has 122 valence electrons. The zero-order valence-corrected chi connectivity index (χ0v) is 15.0. The molecule has 2 N–H and O–H groups in total. The Morgan fingerprint density at radius 2 is 1.26 bits per heavy atom. The fraction of sp³-hybridized carbons (Fsp3) is 0. The number of nitrogens with zero attached hydrogens (tertiary/aromatic N) is 2. The van der Waals surface area contributed by atoms with Gasteiger partial charge >= 0.3 is 0 Å². The molecular formula is C14H9Cl5N2O2. The highest BCUT2D eigenvalue weighted by atomic mass is 35.5. The van der Waals surface area contributed by atoms with Crippen molar-refractivity contribution < 1.29 is 10.4 Å². The van der Waals surface area contributed by atoms with E-state index in [2.05, 4.69) is 10.3 Å². The van der Waals surface area contributed by atoms with Crippen molar-refractivity contribution in [2.75, 3.05) is 0 Å². The summed E-state index contributed by atoms with van der Waals surface area (Å²) in [6, 6.07) is 9.96. The van der Waals surface area contributed by atoms with Crippen LogP contribution >= 0.6 is 58.0 Å². The Morgan fingerprint density at radius 3 is 1.65 bits per heavy atom. The quantitative estimate of drug-likeness (QED) is 0.351. The molecule has 0 aliphatic carbocycles. The third-order valence-electron chi connectivity index (χ3n) is 2.44. The molecular weight excluding hydrogens is 405 g/mol. The minimum absolute atomic E-state index is 0.120. The standard InChI is InChI=1S/C7H4Cl3NO.C7H5Cl2NO/c8-4-2-1-3-5(9)6(4)7(10)11-12;8-6-2-1-3-7(9)5(6)4-10-11/h1-3,12H;1-4,11H/b11-7+;10-4-. The molecule has 0 radical (unpaired) electrons. The zero-order chi connectivity index (χ0) is 17.4. The van der Waals surface area contributed by atoms with Crippen molar-refractivity contribution in [2.24, 2.45) is 10.3 Å². The van der Waals surface area contributed by atoms with E-state index < -0.39 is 0 Å². The highest BCUT2D eigenvalue weighted by Gasteiger charge is 2.10. The average Bonchev–Trinajstić information content (AvgIpc) is 2.51. The summed E-state index contributed by atoms with van der Waals surface area (Å²) in [7, 11) is 0.